The van der Waals surface area contributed by atoms with Crippen molar-refractivity contribution in [3.63, 3.8) is 0 Å². The van der Waals surface area contributed by atoms with Crippen LogP contribution in [0, 0.1) is 7.14 Å². The number of aromatic hydroxyl groups is 1. The molecular weight excluding hydrogens is 526 g/mol. The summed E-state index contributed by atoms with van der Waals surface area (Å²) < 4.78 is 6.42. The number of hydrogen-bond acceptors (Lipinski definition) is 4. The highest BCUT2D eigenvalue weighted by molar-refractivity contribution is 14.1. The van der Waals surface area contributed by atoms with E-state index in [0.29, 0.717) is 19.2 Å². The van der Waals surface area contributed by atoms with E-state index in [-0.39, 0.29) is 11.7 Å². The molecule has 0 aliphatic carbocycles. The molecule has 0 radical (unpaired) electrons. The van der Waals surface area contributed by atoms with Gasteiger partial charge in [-0.05, 0) is 90.6 Å². The first-order valence-corrected chi connectivity index (χ1v) is 9.16. The number of amides is 2. The molecule has 128 valence electrons. The highest BCUT2D eigenvalue weighted by atomic mass is 127. The van der Waals surface area contributed by atoms with E-state index in [4.69, 9.17) is 4.74 Å². The number of carbonyl (C=O) groups excluding carboxylic acids is 2. The predicted molar refractivity (Wildman–Crippen MR) is 104 cm³/mol. The number of rotatable bonds is 4. The summed E-state index contributed by atoms with van der Waals surface area (Å²) in [4.78, 5) is 24.3. The molecule has 1 rings (SSSR count). The zero-order valence-corrected chi connectivity index (χ0v) is 17.7. The molecule has 0 spiro atoms. The maximum Gasteiger partial charge on any atom is 0.408 e. The Morgan fingerprint density at radius 3 is 2.22 bits per heavy atom. The zero-order chi connectivity index (χ0) is 17.8. The number of phenols is 1. The van der Waals surface area contributed by atoms with Gasteiger partial charge in [0.1, 0.15) is 17.4 Å². The summed E-state index contributed by atoms with van der Waals surface area (Å²) in [5.74, 6) is -0.183. The molecule has 0 fully saturated rings. The number of nitrogens with one attached hydrogen (secondary N) is 2. The summed E-state index contributed by atoms with van der Waals surface area (Å²) in [6.07, 6.45) is -0.674. The van der Waals surface area contributed by atoms with Gasteiger partial charge >= 0.3 is 6.09 Å². The van der Waals surface area contributed by atoms with E-state index in [9.17, 15) is 14.7 Å². The van der Waals surface area contributed by atoms with Crippen molar-refractivity contribution in [3.8, 4) is 5.75 Å². The zero-order valence-electron chi connectivity index (χ0n) is 13.4. The van der Waals surface area contributed by atoms with Crippen LogP contribution in [0.15, 0.2) is 12.1 Å². The number of ether oxygens (including phenoxy) is 1. The van der Waals surface area contributed by atoms with Crippen LogP contribution in [0.1, 0.15) is 39.3 Å². The van der Waals surface area contributed by atoms with Crippen LogP contribution in [0.5, 0.6) is 5.75 Å². The molecule has 0 heterocycles. The van der Waals surface area contributed by atoms with Gasteiger partial charge in [-0.25, -0.2) is 4.79 Å². The number of carbonyl (C=O) groups is 2. The highest BCUT2D eigenvalue weighted by Gasteiger charge is 2.26. The maximum absolute atomic E-state index is 12.3. The largest absolute Gasteiger partial charge is 0.506 e. The van der Waals surface area contributed by atoms with Gasteiger partial charge in [0.05, 0.1) is 7.14 Å². The standard InChI is InChI=1S/C15H20I2N2O4/c1-5-18-13(21)11(19-14(22)23-15(2,3)4)8-6-9(16)12(20)10(17)7-8/h6-7,11,20H,5H2,1-4H3,(H,18,21)(H,19,22)/t11-/m1/s1. The lowest BCUT2D eigenvalue weighted by molar-refractivity contribution is -0.123. The third-order valence-electron chi connectivity index (χ3n) is 2.65. The summed E-state index contributed by atoms with van der Waals surface area (Å²) >= 11 is 3.96. The van der Waals surface area contributed by atoms with Gasteiger partial charge in [0.2, 0.25) is 5.91 Å². The molecule has 3 N–H and O–H groups in total. The van der Waals surface area contributed by atoms with Crippen LogP contribution >= 0.6 is 45.2 Å². The van der Waals surface area contributed by atoms with Crippen molar-refractivity contribution >= 4 is 57.2 Å². The second-order valence-electron chi connectivity index (χ2n) is 5.81. The molecule has 8 heteroatoms. The molecule has 0 bridgehead atoms. The van der Waals surface area contributed by atoms with E-state index in [0.717, 1.165) is 0 Å². The van der Waals surface area contributed by atoms with E-state index in [2.05, 4.69) is 10.6 Å². The average Bonchev–Trinajstić information content (AvgIpc) is 2.40. The fourth-order valence-electron chi connectivity index (χ4n) is 1.75. The van der Waals surface area contributed by atoms with Gasteiger partial charge in [-0.1, -0.05) is 0 Å². The Morgan fingerprint density at radius 2 is 1.78 bits per heavy atom. The minimum atomic E-state index is -0.896. The third-order valence-corrected chi connectivity index (χ3v) is 4.29. The molecular formula is C15H20I2N2O4. The SMILES string of the molecule is CCNC(=O)[C@H](NC(=O)OC(C)(C)C)c1cc(I)c(O)c(I)c1. The Kier molecular flexibility index (Phi) is 7.36. The molecule has 23 heavy (non-hydrogen) atoms. The van der Waals surface area contributed by atoms with Crippen LogP contribution in [0.4, 0.5) is 4.79 Å². The maximum atomic E-state index is 12.3. The Labute approximate surface area is 163 Å². The van der Waals surface area contributed by atoms with Crippen molar-refractivity contribution in [2.45, 2.75) is 39.3 Å². The van der Waals surface area contributed by atoms with Crippen LogP contribution in [0.2, 0.25) is 0 Å². The van der Waals surface area contributed by atoms with Gasteiger partial charge in [0.15, 0.2) is 0 Å². The first-order chi connectivity index (χ1) is 10.5. The molecule has 0 unspecified atom stereocenters. The smallest absolute Gasteiger partial charge is 0.408 e. The van der Waals surface area contributed by atoms with Gasteiger partial charge in [-0.2, -0.15) is 0 Å². The van der Waals surface area contributed by atoms with Crippen LogP contribution in [0.3, 0.4) is 0 Å². The van der Waals surface area contributed by atoms with Crippen LogP contribution in [-0.4, -0.2) is 29.3 Å². The van der Waals surface area contributed by atoms with Crippen molar-refractivity contribution in [1.82, 2.24) is 10.6 Å². The summed E-state index contributed by atoms with van der Waals surface area (Å²) in [5, 5.41) is 15.1. The van der Waals surface area contributed by atoms with Gasteiger partial charge in [0, 0.05) is 6.54 Å². The first kappa shape index (κ1) is 20.3. The molecule has 6 nitrogen and oxygen atoms in total. The van der Waals surface area contributed by atoms with Crippen LogP contribution in [-0.2, 0) is 9.53 Å². The van der Waals surface area contributed by atoms with Gasteiger partial charge < -0.3 is 20.5 Å². The molecule has 1 aromatic rings. The van der Waals surface area contributed by atoms with Crippen molar-refractivity contribution in [2.75, 3.05) is 6.54 Å². The monoisotopic (exact) mass is 546 g/mol. The fourth-order valence-corrected chi connectivity index (χ4v) is 3.57. The van der Waals surface area contributed by atoms with E-state index < -0.39 is 17.7 Å². The molecule has 1 aromatic carbocycles. The Morgan fingerprint density at radius 1 is 1.26 bits per heavy atom. The summed E-state index contributed by atoms with van der Waals surface area (Å²) in [5.41, 5.74) is -0.0818. The van der Waals surface area contributed by atoms with E-state index in [1.165, 1.54) is 0 Å². The Bertz CT molecular complexity index is 577. The van der Waals surface area contributed by atoms with Gasteiger partial charge in [0.25, 0.3) is 0 Å². The highest BCUT2D eigenvalue weighted by Crippen LogP contribution is 2.30. The number of phenolic OH excluding ortho intramolecular Hbond substituents is 1. The molecule has 1 atom stereocenters. The molecule has 0 aliphatic rings. The predicted octanol–water partition coefficient (Wildman–Crippen LogP) is 3.30. The second-order valence-corrected chi connectivity index (χ2v) is 8.13. The van der Waals surface area contributed by atoms with Crippen LogP contribution in [0.25, 0.3) is 0 Å². The molecule has 2 amide bonds. The Hall–Kier alpha value is -0.780. The average molecular weight is 546 g/mol. The number of alkyl carbamates (subject to hydrolysis) is 1. The lowest BCUT2D eigenvalue weighted by atomic mass is 10.1. The first-order valence-electron chi connectivity index (χ1n) is 7.00. The van der Waals surface area contributed by atoms with Crippen LogP contribution < -0.4 is 10.6 Å². The van der Waals surface area contributed by atoms with Crippen molar-refractivity contribution in [2.24, 2.45) is 0 Å². The van der Waals surface area contributed by atoms with Gasteiger partial charge in [-0.15, -0.1) is 0 Å². The minimum Gasteiger partial charge on any atom is -0.506 e. The number of likely N-dealkylation sites (N-methyl/N-ethyl adjacent to an activating group) is 1. The number of halogens is 2. The van der Waals surface area contributed by atoms with Crippen molar-refractivity contribution < 1.29 is 19.4 Å². The van der Waals surface area contributed by atoms with E-state index in [1.807, 2.05) is 45.2 Å². The lowest BCUT2D eigenvalue weighted by Crippen LogP contribution is -2.42. The van der Waals surface area contributed by atoms with Gasteiger partial charge in [-0.3, -0.25) is 4.79 Å². The Balaban J connectivity index is 3.11. The second kappa shape index (κ2) is 8.36. The third kappa shape index (κ3) is 6.32. The van der Waals surface area contributed by atoms with E-state index >= 15 is 0 Å². The number of hydrogen-bond donors (Lipinski definition) is 3. The van der Waals surface area contributed by atoms with E-state index in [1.54, 1.807) is 39.8 Å². The summed E-state index contributed by atoms with van der Waals surface area (Å²) in [7, 11) is 0. The molecule has 0 aromatic heterocycles. The number of benzene rings is 1. The van der Waals surface area contributed by atoms with Crippen molar-refractivity contribution in [3.05, 3.63) is 24.8 Å². The summed E-state index contributed by atoms with van der Waals surface area (Å²) in [6.45, 7) is 7.49. The summed E-state index contributed by atoms with van der Waals surface area (Å²) in [6, 6.07) is 2.43. The lowest BCUT2D eigenvalue weighted by Gasteiger charge is -2.23. The van der Waals surface area contributed by atoms with Crippen molar-refractivity contribution in [1.29, 1.82) is 0 Å². The molecule has 0 aliphatic heterocycles. The fraction of sp³-hybridized carbons (Fsp3) is 0.467. The topological polar surface area (TPSA) is 87.7 Å². The quantitative estimate of drug-likeness (QED) is 0.507. The molecule has 0 saturated carbocycles. The molecule has 0 saturated heterocycles. The minimum absolute atomic E-state index is 0.155. The normalized spacial score (nSPS) is 12.4.